The molecule has 0 heterocycles. The highest BCUT2D eigenvalue weighted by Gasteiger charge is 2.22. The van der Waals surface area contributed by atoms with Gasteiger partial charge in [0.25, 0.3) is 0 Å². The molecule has 1 fully saturated rings. The molecule has 1 aromatic rings. The van der Waals surface area contributed by atoms with E-state index in [1.165, 1.54) is 18.9 Å². The molecule has 98 valence electrons. The fourth-order valence-electron chi connectivity index (χ4n) is 1.62. The number of hydrogen-bond donors (Lipinski definition) is 1. The minimum Gasteiger partial charge on any atom is -0.355 e. The number of rotatable bonds is 6. The Morgan fingerprint density at radius 3 is 2.78 bits per heavy atom. The van der Waals surface area contributed by atoms with Crippen LogP contribution in [-0.4, -0.2) is 22.4 Å². The molecule has 0 saturated heterocycles. The molecular formula is C13H16FNO2S. The summed E-state index contributed by atoms with van der Waals surface area (Å²) in [6, 6.07) is 6.21. The minimum atomic E-state index is -1.36. The zero-order valence-electron chi connectivity index (χ0n) is 10.0. The summed E-state index contributed by atoms with van der Waals surface area (Å²) in [6.45, 7) is 0.676. The number of hydrogen-bond acceptors (Lipinski definition) is 2. The van der Waals surface area contributed by atoms with Gasteiger partial charge in [0.2, 0.25) is 5.91 Å². The normalized spacial score (nSPS) is 16.3. The summed E-state index contributed by atoms with van der Waals surface area (Å²) in [6.07, 6.45) is 2.33. The molecule has 0 radical (unpaired) electrons. The predicted octanol–water partition coefficient (Wildman–Crippen LogP) is 1.60. The van der Waals surface area contributed by atoms with Crippen molar-refractivity contribution in [3.8, 4) is 0 Å². The average Bonchev–Trinajstić information content (AvgIpc) is 3.13. The Labute approximate surface area is 108 Å². The molecule has 18 heavy (non-hydrogen) atoms. The molecule has 1 atom stereocenters. The quantitative estimate of drug-likeness (QED) is 0.852. The van der Waals surface area contributed by atoms with Crippen molar-refractivity contribution in [3.05, 3.63) is 35.6 Å². The first kappa shape index (κ1) is 13.2. The third kappa shape index (κ3) is 4.22. The second-order valence-corrected chi connectivity index (χ2v) is 6.02. The largest absolute Gasteiger partial charge is 0.355 e. The van der Waals surface area contributed by atoms with Crippen LogP contribution in [0.4, 0.5) is 4.39 Å². The molecule has 1 aliphatic carbocycles. The smallest absolute Gasteiger partial charge is 0.232 e. The highest BCUT2D eigenvalue weighted by molar-refractivity contribution is 7.84. The minimum absolute atomic E-state index is 0.0545. The molecule has 0 unspecified atom stereocenters. The number of amides is 1. The molecule has 0 aliphatic heterocycles. The summed E-state index contributed by atoms with van der Waals surface area (Å²) in [5.41, 5.74) is 0.394. The topological polar surface area (TPSA) is 46.2 Å². The Kier molecular flexibility index (Phi) is 4.47. The van der Waals surface area contributed by atoms with Gasteiger partial charge in [-0.3, -0.25) is 9.00 Å². The Morgan fingerprint density at radius 2 is 2.11 bits per heavy atom. The number of carbonyl (C=O) groups is 1. The van der Waals surface area contributed by atoms with Gasteiger partial charge in [0.05, 0.1) is 5.75 Å². The first-order valence-electron chi connectivity index (χ1n) is 6.00. The van der Waals surface area contributed by atoms with Gasteiger partial charge in [0, 0.05) is 22.9 Å². The third-order valence-electron chi connectivity index (χ3n) is 2.85. The van der Waals surface area contributed by atoms with Crippen molar-refractivity contribution in [1.29, 1.82) is 0 Å². The van der Waals surface area contributed by atoms with Crippen LogP contribution in [0.3, 0.4) is 0 Å². The van der Waals surface area contributed by atoms with Gasteiger partial charge in [0.1, 0.15) is 11.6 Å². The standard InChI is InChI=1S/C13H16FNO2S/c14-12-4-2-1-3-11(12)8-18(17)9-13(16)15-7-10-5-6-10/h1-4,10H,5-9H2,(H,15,16)/t18-/m0/s1. The first-order chi connectivity index (χ1) is 8.65. The predicted molar refractivity (Wildman–Crippen MR) is 68.8 cm³/mol. The van der Waals surface area contributed by atoms with Gasteiger partial charge in [-0.1, -0.05) is 18.2 Å². The van der Waals surface area contributed by atoms with E-state index in [2.05, 4.69) is 5.32 Å². The van der Waals surface area contributed by atoms with Crippen molar-refractivity contribution in [2.45, 2.75) is 18.6 Å². The third-order valence-corrected chi connectivity index (χ3v) is 4.07. The van der Waals surface area contributed by atoms with E-state index in [1.807, 2.05) is 0 Å². The maximum Gasteiger partial charge on any atom is 0.232 e. The Balaban J connectivity index is 1.77. The molecule has 0 spiro atoms. The van der Waals surface area contributed by atoms with Gasteiger partial charge in [0.15, 0.2) is 0 Å². The maximum atomic E-state index is 13.3. The molecular weight excluding hydrogens is 253 g/mol. The van der Waals surface area contributed by atoms with Crippen LogP contribution in [0.15, 0.2) is 24.3 Å². The zero-order valence-corrected chi connectivity index (χ0v) is 10.8. The van der Waals surface area contributed by atoms with Gasteiger partial charge in [-0.25, -0.2) is 4.39 Å². The summed E-state index contributed by atoms with van der Waals surface area (Å²) in [4.78, 5) is 11.5. The SMILES string of the molecule is O=C(C[S@@](=O)Cc1ccccc1F)NCC1CC1. The van der Waals surface area contributed by atoms with E-state index >= 15 is 0 Å². The van der Waals surface area contributed by atoms with Crippen molar-refractivity contribution < 1.29 is 13.4 Å². The van der Waals surface area contributed by atoms with Gasteiger partial charge < -0.3 is 5.32 Å². The number of nitrogens with one attached hydrogen (secondary N) is 1. The molecule has 1 N–H and O–H groups in total. The van der Waals surface area contributed by atoms with Gasteiger partial charge in [-0.05, 0) is 24.8 Å². The molecule has 5 heteroatoms. The van der Waals surface area contributed by atoms with E-state index in [-0.39, 0.29) is 23.2 Å². The Morgan fingerprint density at radius 1 is 1.39 bits per heavy atom. The summed E-state index contributed by atoms with van der Waals surface area (Å²) in [5, 5.41) is 2.75. The van der Waals surface area contributed by atoms with Gasteiger partial charge in [-0.2, -0.15) is 0 Å². The van der Waals surface area contributed by atoms with E-state index in [9.17, 15) is 13.4 Å². The van der Waals surface area contributed by atoms with Gasteiger partial charge >= 0.3 is 0 Å². The molecule has 1 saturated carbocycles. The Hall–Kier alpha value is -1.23. The molecule has 3 nitrogen and oxygen atoms in total. The summed E-state index contributed by atoms with van der Waals surface area (Å²) >= 11 is 0. The summed E-state index contributed by atoms with van der Waals surface area (Å²) in [5.74, 6) is 0.0552. The fraction of sp³-hybridized carbons (Fsp3) is 0.462. The van der Waals surface area contributed by atoms with E-state index in [1.54, 1.807) is 18.2 Å². The van der Waals surface area contributed by atoms with E-state index < -0.39 is 10.8 Å². The van der Waals surface area contributed by atoms with Crippen molar-refractivity contribution in [3.63, 3.8) is 0 Å². The van der Waals surface area contributed by atoms with E-state index in [4.69, 9.17) is 0 Å². The average molecular weight is 269 g/mol. The lowest BCUT2D eigenvalue weighted by molar-refractivity contribution is -0.118. The molecule has 1 aliphatic rings. The lowest BCUT2D eigenvalue weighted by Crippen LogP contribution is -2.30. The number of halogens is 1. The highest BCUT2D eigenvalue weighted by Crippen LogP contribution is 2.27. The van der Waals surface area contributed by atoms with Crippen molar-refractivity contribution in [1.82, 2.24) is 5.32 Å². The summed E-state index contributed by atoms with van der Waals surface area (Å²) in [7, 11) is -1.36. The summed E-state index contributed by atoms with van der Waals surface area (Å²) < 4.78 is 25.0. The van der Waals surface area contributed by atoms with Crippen LogP contribution < -0.4 is 5.32 Å². The van der Waals surface area contributed by atoms with Gasteiger partial charge in [-0.15, -0.1) is 0 Å². The molecule has 2 rings (SSSR count). The van der Waals surface area contributed by atoms with Crippen LogP contribution in [0.5, 0.6) is 0 Å². The van der Waals surface area contributed by atoms with Crippen LogP contribution in [0, 0.1) is 11.7 Å². The Bertz CT molecular complexity index is 460. The molecule has 0 bridgehead atoms. The second kappa shape index (κ2) is 6.09. The monoisotopic (exact) mass is 269 g/mol. The lowest BCUT2D eigenvalue weighted by atomic mass is 10.2. The van der Waals surface area contributed by atoms with Crippen LogP contribution in [-0.2, 0) is 21.3 Å². The zero-order chi connectivity index (χ0) is 13.0. The van der Waals surface area contributed by atoms with Crippen LogP contribution in [0.1, 0.15) is 18.4 Å². The maximum absolute atomic E-state index is 13.3. The van der Waals surface area contributed by atoms with Crippen LogP contribution in [0.25, 0.3) is 0 Å². The van der Waals surface area contributed by atoms with E-state index in [0.717, 1.165) is 0 Å². The van der Waals surface area contributed by atoms with Crippen LogP contribution >= 0.6 is 0 Å². The molecule has 1 amide bonds. The fourth-order valence-corrected chi connectivity index (χ4v) is 2.69. The van der Waals surface area contributed by atoms with E-state index in [0.29, 0.717) is 18.0 Å². The molecule has 0 aromatic heterocycles. The highest BCUT2D eigenvalue weighted by atomic mass is 32.2. The molecule has 1 aromatic carbocycles. The first-order valence-corrected chi connectivity index (χ1v) is 7.49. The lowest BCUT2D eigenvalue weighted by Gasteiger charge is -2.05. The van der Waals surface area contributed by atoms with Crippen LogP contribution in [0.2, 0.25) is 0 Å². The van der Waals surface area contributed by atoms with Crippen molar-refractivity contribution in [2.75, 3.05) is 12.3 Å². The second-order valence-electron chi connectivity index (χ2n) is 4.57. The van der Waals surface area contributed by atoms with Crippen molar-refractivity contribution >= 4 is 16.7 Å². The number of carbonyl (C=O) groups excluding carboxylic acids is 1. The number of benzene rings is 1. The van der Waals surface area contributed by atoms with Crippen molar-refractivity contribution in [2.24, 2.45) is 5.92 Å².